The minimum Gasteiger partial charge on any atom is -0.159 e. The van der Waals surface area contributed by atoms with Gasteiger partial charge in [-0.15, -0.1) is 0 Å². The molecule has 2 nitrogen and oxygen atoms in total. The van der Waals surface area contributed by atoms with Crippen LogP contribution in [0.2, 0.25) is 0 Å². The van der Waals surface area contributed by atoms with Crippen molar-refractivity contribution in [1.29, 1.82) is 0 Å². The normalized spacial score (nSPS) is 12.2. The second kappa shape index (κ2) is 11.8. The number of aryl methyl sites for hydroxylation is 2. The predicted molar refractivity (Wildman–Crippen MR) is 114 cm³/mol. The van der Waals surface area contributed by atoms with E-state index in [4.69, 9.17) is 0 Å². The van der Waals surface area contributed by atoms with Crippen molar-refractivity contribution in [2.45, 2.75) is 39.5 Å². The molecule has 0 unspecified atom stereocenters. The van der Waals surface area contributed by atoms with Crippen molar-refractivity contribution in [2.24, 2.45) is 10.2 Å². The Labute approximate surface area is 157 Å². The van der Waals surface area contributed by atoms with Crippen molar-refractivity contribution < 1.29 is 0 Å². The number of hydrogen-bond acceptors (Lipinski definition) is 2. The van der Waals surface area contributed by atoms with Gasteiger partial charge in [-0.25, -0.2) is 0 Å². The Bertz CT molecular complexity index is 680. The van der Waals surface area contributed by atoms with Gasteiger partial charge in [-0.3, -0.25) is 0 Å². The molecular weight excluding hydrogens is 316 g/mol. The summed E-state index contributed by atoms with van der Waals surface area (Å²) in [5.41, 5.74) is 4.82. The maximum Gasteiger partial charge on any atom is 0.0568 e. The monoisotopic (exact) mass is 344 g/mol. The Morgan fingerprint density at radius 2 is 1.00 bits per heavy atom. The maximum atomic E-state index is 4.15. The summed E-state index contributed by atoms with van der Waals surface area (Å²) in [5, 5.41) is 8.30. The maximum absolute atomic E-state index is 4.15. The van der Waals surface area contributed by atoms with Crippen LogP contribution in [0.25, 0.3) is 0 Å². The summed E-state index contributed by atoms with van der Waals surface area (Å²) in [7, 11) is 0. The summed E-state index contributed by atoms with van der Waals surface area (Å²) >= 11 is 0. The van der Waals surface area contributed by atoms with Crippen LogP contribution in [-0.2, 0) is 12.8 Å². The Morgan fingerprint density at radius 3 is 1.35 bits per heavy atom. The molecule has 2 heteroatoms. The van der Waals surface area contributed by atoms with Crippen LogP contribution in [0.5, 0.6) is 0 Å². The van der Waals surface area contributed by atoms with Gasteiger partial charge in [0.05, 0.1) is 12.4 Å². The van der Waals surface area contributed by atoms with Crippen molar-refractivity contribution in [3.05, 3.63) is 95.1 Å². The van der Waals surface area contributed by atoms with Crippen LogP contribution < -0.4 is 0 Å². The van der Waals surface area contributed by atoms with Gasteiger partial charge in [-0.2, -0.15) is 10.2 Å². The van der Waals surface area contributed by atoms with E-state index in [2.05, 4.69) is 96.9 Å². The molecule has 0 bridgehead atoms. The van der Waals surface area contributed by atoms with Gasteiger partial charge in [-0.1, -0.05) is 72.8 Å². The van der Waals surface area contributed by atoms with Gasteiger partial charge < -0.3 is 0 Å². The summed E-state index contributed by atoms with van der Waals surface area (Å²) < 4.78 is 0. The van der Waals surface area contributed by atoms with Gasteiger partial charge in [0.15, 0.2) is 0 Å². The van der Waals surface area contributed by atoms with Gasteiger partial charge in [0.25, 0.3) is 0 Å². The number of nitrogens with zero attached hydrogens (tertiary/aromatic N) is 2. The van der Waals surface area contributed by atoms with E-state index in [0.717, 1.165) is 36.8 Å². The lowest BCUT2D eigenvalue weighted by atomic mass is 10.1. The first kappa shape index (κ1) is 19.6. The molecule has 0 radical (unpaired) electrons. The molecule has 134 valence electrons. The highest BCUT2D eigenvalue weighted by atomic mass is 15.2. The Balaban J connectivity index is 1.83. The smallest absolute Gasteiger partial charge is 0.0568 e. The van der Waals surface area contributed by atoms with Crippen molar-refractivity contribution in [3.63, 3.8) is 0 Å². The highest BCUT2D eigenvalue weighted by Gasteiger charge is 1.93. The molecule has 0 spiro atoms. The van der Waals surface area contributed by atoms with E-state index < -0.39 is 0 Å². The first-order valence-electron chi connectivity index (χ1n) is 9.28. The van der Waals surface area contributed by atoms with Crippen molar-refractivity contribution in [1.82, 2.24) is 0 Å². The fraction of sp³-hybridized carbons (Fsp3) is 0.250. The molecule has 0 fully saturated rings. The predicted octanol–water partition coefficient (Wildman–Crippen LogP) is 6.16. The molecule has 0 aromatic heterocycles. The minimum atomic E-state index is 1.07. The van der Waals surface area contributed by atoms with Gasteiger partial charge >= 0.3 is 0 Å². The van der Waals surface area contributed by atoms with Crippen molar-refractivity contribution in [3.8, 4) is 0 Å². The minimum absolute atomic E-state index is 1.07. The standard InChI is InChI=1S/C24H28N2/c1-3-5-7-9-21-11-15-23(16-12-21)19-25-26-20-24-17-13-22(14-18-24)10-8-6-4-2/h3-6,11-20H,7-10H2,1-2H3. The zero-order valence-electron chi connectivity index (χ0n) is 15.8. The molecule has 2 aromatic carbocycles. The zero-order valence-corrected chi connectivity index (χ0v) is 15.8. The quantitative estimate of drug-likeness (QED) is 0.296. The zero-order chi connectivity index (χ0) is 18.5. The number of benzene rings is 2. The van der Waals surface area contributed by atoms with E-state index in [-0.39, 0.29) is 0 Å². The Hall–Kier alpha value is -2.74. The number of hydrogen-bond donors (Lipinski definition) is 0. The fourth-order valence-electron chi connectivity index (χ4n) is 2.57. The van der Waals surface area contributed by atoms with Crippen molar-refractivity contribution in [2.75, 3.05) is 0 Å². The third-order valence-corrected chi connectivity index (χ3v) is 4.11. The molecule has 0 saturated heterocycles. The molecule has 0 N–H and O–H groups in total. The number of rotatable bonds is 9. The van der Waals surface area contributed by atoms with Crippen LogP contribution in [0.4, 0.5) is 0 Å². The van der Waals surface area contributed by atoms with Crippen LogP contribution in [0.3, 0.4) is 0 Å². The third kappa shape index (κ3) is 7.43. The lowest BCUT2D eigenvalue weighted by molar-refractivity contribution is 0.999. The highest BCUT2D eigenvalue weighted by Crippen LogP contribution is 2.07. The molecule has 0 aliphatic carbocycles. The van der Waals surface area contributed by atoms with Gasteiger partial charge in [0.1, 0.15) is 0 Å². The van der Waals surface area contributed by atoms with Crippen LogP contribution in [0.1, 0.15) is 48.9 Å². The largest absolute Gasteiger partial charge is 0.159 e. The van der Waals surface area contributed by atoms with Gasteiger partial charge in [0, 0.05) is 0 Å². The first-order valence-corrected chi connectivity index (χ1v) is 9.28. The second-order valence-corrected chi connectivity index (χ2v) is 6.19. The van der Waals surface area contributed by atoms with Gasteiger partial charge in [-0.05, 0) is 61.8 Å². The third-order valence-electron chi connectivity index (χ3n) is 4.11. The summed E-state index contributed by atoms with van der Waals surface area (Å²) in [5.74, 6) is 0. The Morgan fingerprint density at radius 1 is 0.615 bits per heavy atom. The van der Waals surface area contributed by atoms with Crippen molar-refractivity contribution >= 4 is 12.4 Å². The molecule has 0 atom stereocenters. The van der Waals surface area contributed by atoms with E-state index in [1.165, 1.54) is 11.1 Å². The number of allylic oxidation sites excluding steroid dienone is 4. The highest BCUT2D eigenvalue weighted by molar-refractivity contribution is 5.82. The summed E-state index contributed by atoms with van der Waals surface area (Å²) in [4.78, 5) is 0. The molecule has 2 rings (SSSR count). The molecule has 0 aliphatic rings. The topological polar surface area (TPSA) is 24.7 Å². The molecule has 0 amide bonds. The Kier molecular flexibility index (Phi) is 8.85. The molecule has 26 heavy (non-hydrogen) atoms. The summed E-state index contributed by atoms with van der Waals surface area (Å²) in [6.07, 6.45) is 16.5. The molecular formula is C24H28N2. The lowest BCUT2D eigenvalue weighted by Gasteiger charge is -1.99. The van der Waals surface area contributed by atoms with E-state index in [1.54, 1.807) is 12.4 Å². The first-order chi connectivity index (χ1) is 12.8. The van der Waals surface area contributed by atoms with E-state index in [9.17, 15) is 0 Å². The summed E-state index contributed by atoms with van der Waals surface area (Å²) in [6.45, 7) is 4.11. The van der Waals surface area contributed by atoms with Gasteiger partial charge in [0.2, 0.25) is 0 Å². The molecule has 0 saturated carbocycles. The fourth-order valence-corrected chi connectivity index (χ4v) is 2.57. The lowest BCUT2D eigenvalue weighted by Crippen LogP contribution is -1.87. The van der Waals surface area contributed by atoms with E-state index in [0.29, 0.717) is 0 Å². The molecule has 0 heterocycles. The average molecular weight is 345 g/mol. The van der Waals surface area contributed by atoms with Crippen LogP contribution in [0.15, 0.2) is 83.0 Å². The van der Waals surface area contributed by atoms with E-state index >= 15 is 0 Å². The SMILES string of the molecule is CC=CCCc1ccc(C=NN=Cc2ccc(CCC=CC)cc2)cc1. The summed E-state index contributed by atoms with van der Waals surface area (Å²) in [6, 6.07) is 17.0. The van der Waals surface area contributed by atoms with E-state index in [1.807, 2.05) is 0 Å². The molecule has 0 aliphatic heterocycles. The van der Waals surface area contributed by atoms with Crippen LogP contribution in [-0.4, -0.2) is 12.4 Å². The second-order valence-electron chi connectivity index (χ2n) is 6.19. The molecule has 2 aromatic rings. The van der Waals surface area contributed by atoms with Crippen LogP contribution in [0, 0.1) is 0 Å². The van der Waals surface area contributed by atoms with Crippen LogP contribution >= 0.6 is 0 Å². The average Bonchev–Trinajstić information content (AvgIpc) is 2.68.